The maximum absolute atomic E-state index is 12.4. The van der Waals surface area contributed by atoms with E-state index in [1.165, 1.54) is 0 Å². The van der Waals surface area contributed by atoms with Crippen molar-refractivity contribution in [2.45, 2.75) is 70.5 Å². The lowest BCUT2D eigenvalue weighted by Crippen LogP contribution is -2.51. The molecular formula is C18H35N5O4. The van der Waals surface area contributed by atoms with Crippen LogP contribution in [-0.2, 0) is 9.53 Å². The molecule has 1 saturated heterocycles. The van der Waals surface area contributed by atoms with Crippen molar-refractivity contribution < 1.29 is 19.1 Å². The number of nitrogens with zero attached hydrogens (tertiary/aromatic N) is 1. The zero-order valence-corrected chi connectivity index (χ0v) is 17.0. The summed E-state index contributed by atoms with van der Waals surface area (Å²) in [6, 6.07) is -0.659. The van der Waals surface area contributed by atoms with E-state index in [0.717, 1.165) is 12.8 Å². The highest BCUT2D eigenvalue weighted by atomic mass is 16.5. The largest absolute Gasteiger partial charge is 0.450 e. The number of carbonyl (C=O) groups is 3. The SMILES string of the molecule is CNC(=O)NC1CCN(C(=O)[C@H](N)CCCCOC(=O)NC(C)(C)C)CC1. The number of rotatable bonds is 7. The molecule has 1 rings (SSSR count). The van der Waals surface area contributed by atoms with Crippen molar-refractivity contribution >= 4 is 18.0 Å². The van der Waals surface area contributed by atoms with Crippen molar-refractivity contribution in [1.29, 1.82) is 0 Å². The molecule has 0 aromatic rings. The van der Waals surface area contributed by atoms with E-state index in [9.17, 15) is 14.4 Å². The number of ether oxygens (including phenoxy) is 1. The van der Waals surface area contributed by atoms with Crippen LogP contribution in [0.2, 0.25) is 0 Å². The standard InChI is InChI=1S/C18H35N5O4/c1-18(2,3)22-17(26)27-12-6-5-7-14(19)15(24)23-10-8-13(9-11-23)21-16(25)20-4/h13-14H,5-12,19H2,1-4H3,(H,22,26)(H2,20,21,25)/t14-/m1/s1. The summed E-state index contributed by atoms with van der Waals surface area (Å²) in [6.07, 6.45) is 2.95. The summed E-state index contributed by atoms with van der Waals surface area (Å²) >= 11 is 0. The lowest BCUT2D eigenvalue weighted by atomic mass is 10.0. The summed E-state index contributed by atoms with van der Waals surface area (Å²) in [4.78, 5) is 37.0. The predicted octanol–water partition coefficient (Wildman–Crippen LogP) is 0.929. The van der Waals surface area contributed by atoms with E-state index in [-0.39, 0.29) is 23.5 Å². The van der Waals surface area contributed by atoms with Crippen molar-refractivity contribution in [2.75, 3.05) is 26.7 Å². The smallest absolute Gasteiger partial charge is 0.407 e. The number of likely N-dealkylation sites (tertiary alicyclic amines) is 1. The molecule has 1 aliphatic heterocycles. The average molecular weight is 386 g/mol. The van der Waals surface area contributed by atoms with Gasteiger partial charge < -0.3 is 31.3 Å². The fourth-order valence-corrected chi connectivity index (χ4v) is 2.83. The molecule has 0 radical (unpaired) electrons. The number of amides is 4. The van der Waals surface area contributed by atoms with Gasteiger partial charge in [-0.3, -0.25) is 4.79 Å². The van der Waals surface area contributed by atoms with E-state index in [1.54, 1.807) is 11.9 Å². The summed E-state index contributed by atoms with van der Waals surface area (Å²) < 4.78 is 5.10. The zero-order chi connectivity index (χ0) is 20.4. The third-order valence-corrected chi connectivity index (χ3v) is 4.31. The van der Waals surface area contributed by atoms with Gasteiger partial charge in [-0.25, -0.2) is 9.59 Å². The monoisotopic (exact) mass is 385 g/mol. The number of urea groups is 1. The van der Waals surface area contributed by atoms with E-state index in [0.29, 0.717) is 39.0 Å². The average Bonchev–Trinajstić information content (AvgIpc) is 2.59. The van der Waals surface area contributed by atoms with Crippen LogP contribution in [0.4, 0.5) is 9.59 Å². The van der Waals surface area contributed by atoms with Crippen LogP contribution in [-0.4, -0.2) is 67.3 Å². The number of piperidine rings is 1. The van der Waals surface area contributed by atoms with Gasteiger partial charge in [0.05, 0.1) is 12.6 Å². The Labute approximate surface area is 161 Å². The summed E-state index contributed by atoms with van der Waals surface area (Å²) in [5.74, 6) is -0.0558. The molecular weight excluding hydrogens is 350 g/mol. The highest BCUT2D eigenvalue weighted by Crippen LogP contribution is 2.13. The molecule has 4 amide bonds. The first-order valence-electron chi connectivity index (χ1n) is 9.60. The summed E-state index contributed by atoms with van der Waals surface area (Å²) in [7, 11) is 1.58. The molecule has 5 N–H and O–H groups in total. The van der Waals surface area contributed by atoms with Gasteiger partial charge >= 0.3 is 12.1 Å². The second-order valence-corrected chi connectivity index (χ2v) is 7.94. The molecule has 27 heavy (non-hydrogen) atoms. The molecule has 0 aromatic heterocycles. The van der Waals surface area contributed by atoms with E-state index >= 15 is 0 Å². The minimum absolute atomic E-state index is 0.0558. The quantitative estimate of drug-likeness (QED) is 0.485. The molecule has 1 fully saturated rings. The lowest BCUT2D eigenvalue weighted by molar-refractivity contribution is -0.133. The maximum atomic E-state index is 12.4. The molecule has 9 heteroatoms. The summed E-state index contributed by atoms with van der Waals surface area (Å²) in [5.41, 5.74) is 5.69. The molecule has 156 valence electrons. The molecule has 9 nitrogen and oxygen atoms in total. The van der Waals surface area contributed by atoms with Crippen LogP contribution < -0.4 is 21.7 Å². The van der Waals surface area contributed by atoms with Gasteiger partial charge in [-0.1, -0.05) is 0 Å². The second-order valence-electron chi connectivity index (χ2n) is 7.94. The van der Waals surface area contributed by atoms with Gasteiger partial charge in [-0.15, -0.1) is 0 Å². The Morgan fingerprint density at radius 3 is 2.37 bits per heavy atom. The minimum atomic E-state index is -0.545. The fraction of sp³-hybridized carbons (Fsp3) is 0.833. The van der Waals surface area contributed by atoms with Gasteiger partial charge in [0.15, 0.2) is 0 Å². The number of carbonyl (C=O) groups excluding carboxylic acids is 3. The topological polar surface area (TPSA) is 126 Å². The fourth-order valence-electron chi connectivity index (χ4n) is 2.83. The first-order valence-corrected chi connectivity index (χ1v) is 9.60. The van der Waals surface area contributed by atoms with Crippen LogP contribution in [0.5, 0.6) is 0 Å². The van der Waals surface area contributed by atoms with Crippen LogP contribution in [0.25, 0.3) is 0 Å². The van der Waals surface area contributed by atoms with Gasteiger partial charge in [-0.2, -0.15) is 0 Å². The van der Waals surface area contributed by atoms with Gasteiger partial charge in [0.25, 0.3) is 0 Å². The van der Waals surface area contributed by atoms with E-state index in [2.05, 4.69) is 16.0 Å². The molecule has 0 spiro atoms. The van der Waals surface area contributed by atoms with Gasteiger partial charge in [0.1, 0.15) is 0 Å². The predicted molar refractivity (Wildman–Crippen MR) is 103 cm³/mol. The van der Waals surface area contributed by atoms with Crippen molar-refractivity contribution in [3.8, 4) is 0 Å². The highest BCUT2D eigenvalue weighted by Gasteiger charge is 2.26. The molecule has 1 heterocycles. The van der Waals surface area contributed by atoms with Gasteiger partial charge in [0, 0.05) is 31.7 Å². The third-order valence-electron chi connectivity index (χ3n) is 4.31. The Morgan fingerprint density at radius 1 is 1.19 bits per heavy atom. The molecule has 0 aliphatic carbocycles. The normalized spacial score (nSPS) is 16.4. The Morgan fingerprint density at radius 2 is 1.81 bits per heavy atom. The Hall–Kier alpha value is -2.03. The molecule has 0 aromatic carbocycles. The zero-order valence-electron chi connectivity index (χ0n) is 17.0. The number of hydrogen-bond acceptors (Lipinski definition) is 5. The summed E-state index contributed by atoms with van der Waals surface area (Å²) in [6.45, 7) is 7.15. The first-order chi connectivity index (χ1) is 12.6. The van der Waals surface area contributed by atoms with Gasteiger partial charge in [0.2, 0.25) is 5.91 Å². The molecule has 0 saturated carbocycles. The highest BCUT2D eigenvalue weighted by molar-refractivity contribution is 5.81. The minimum Gasteiger partial charge on any atom is -0.450 e. The van der Waals surface area contributed by atoms with Crippen molar-refractivity contribution in [3.05, 3.63) is 0 Å². The van der Waals surface area contributed by atoms with Crippen LogP contribution in [0.15, 0.2) is 0 Å². The summed E-state index contributed by atoms with van der Waals surface area (Å²) in [5, 5.41) is 8.12. The van der Waals surface area contributed by atoms with Crippen molar-refractivity contribution in [2.24, 2.45) is 5.73 Å². The number of nitrogens with one attached hydrogen (secondary N) is 3. The van der Waals surface area contributed by atoms with E-state index < -0.39 is 12.1 Å². The van der Waals surface area contributed by atoms with Gasteiger partial charge in [-0.05, 0) is 52.9 Å². The Bertz CT molecular complexity index is 498. The third kappa shape index (κ3) is 9.46. The number of alkyl carbamates (subject to hydrolysis) is 1. The van der Waals surface area contributed by atoms with Crippen LogP contribution in [0.1, 0.15) is 52.9 Å². The van der Waals surface area contributed by atoms with Crippen molar-refractivity contribution in [3.63, 3.8) is 0 Å². The number of hydrogen-bond donors (Lipinski definition) is 4. The Balaban J connectivity index is 2.18. The molecule has 0 unspecified atom stereocenters. The van der Waals surface area contributed by atoms with Crippen molar-refractivity contribution in [1.82, 2.24) is 20.9 Å². The van der Waals surface area contributed by atoms with Crippen LogP contribution in [0, 0.1) is 0 Å². The van der Waals surface area contributed by atoms with Crippen LogP contribution in [0.3, 0.4) is 0 Å². The molecule has 1 atom stereocenters. The van der Waals surface area contributed by atoms with E-state index in [1.807, 2.05) is 20.8 Å². The molecule has 1 aliphatic rings. The number of unbranched alkanes of at least 4 members (excludes halogenated alkanes) is 1. The Kier molecular flexibility index (Phi) is 9.34. The molecule has 0 bridgehead atoms. The second kappa shape index (κ2) is 11.0. The maximum Gasteiger partial charge on any atom is 0.407 e. The van der Waals surface area contributed by atoms with Crippen LogP contribution >= 0.6 is 0 Å². The number of nitrogens with two attached hydrogens (primary N) is 1. The van der Waals surface area contributed by atoms with E-state index in [4.69, 9.17) is 10.5 Å². The lowest BCUT2D eigenvalue weighted by Gasteiger charge is -2.33. The first kappa shape index (κ1) is 23.0.